The lowest BCUT2D eigenvalue weighted by molar-refractivity contribution is -0.123. The number of carbonyl (C=O) groups excluding carboxylic acids is 1. The second-order valence-corrected chi connectivity index (χ2v) is 6.45. The molecule has 120 valence electrons. The van der Waals surface area contributed by atoms with E-state index in [1.54, 1.807) is 29.1 Å². The van der Waals surface area contributed by atoms with Crippen LogP contribution >= 0.6 is 11.8 Å². The molecule has 1 saturated heterocycles. The molecule has 0 spiro atoms. The predicted molar refractivity (Wildman–Crippen MR) is 92.7 cm³/mol. The first-order valence-corrected chi connectivity index (χ1v) is 8.86. The summed E-state index contributed by atoms with van der Waals surface area (Å²) < 4.78 is 5.80. The highest BCUT2D eigenvalue weighted by Gasteiger charge is 2.37. The molecule has 1 amide bonds. The van der Waals surface area contributed by atoms with E-state index in [2.05, 4.69) is 4.98 Å². The molecule has 1 fully saturated rings. The van der Waals surface area contributed by atoms with Crippen LogP contribution < -0.4 is 4.90 Å². The van der Waals surface area contributed by atoms with E-state index < -0.39 is 0 Å². The first kappa shape index (κ1) is 16.0. The summed E-state index contributed by atoms with van der Waals surface area (Å²) in [6, 6.07) is 11.9. The monoisotopic (exact) mass is 328 g/mol. The van der Waals surface area contributed by atoms with Crippen molar-refractivity contribution in [2.75, 3.05) is 24.8 Å². The van der Waals surface area contributed by atoms with Gasteiger partial charge in [0.2, 0.25) is 5.91 Å². The third kappa shape index (κ3) is 3.41. The van der Waals surface area contributed by atoms with Gasteiger partial charge in [0.05, 0.1) is 12.0 Å². The number of aromatic nitrogens is 1. The van der Waals surface area contributed by atoms with Crippen LogP contribution in [0.3, 0.4) is 0 Å². The zero-order chi connectivity index (χ0) is 16.2. The number of nitrogens with zero attached hydrogens (tertiary/aromatic N) is 2. The van der Waals surface area contributed by atoms with E-state index in [0.29, 0.717) is 6.61 Å². The van der Waals surface area contributed by atoms with Gasteiger partial charge >= 0.3 is 0 Å². The fourth-order valence-corrected chi connectivity index (χ4v) is 3.31. The number of hydrogen-bond donors (Lipinski definition) is 0. The van der Waals surface area contributed by atoms with Gasteiger partial charge in [-0.2, -0.15) is 0 Å². The van der Waals surface area contributed by atoms with Gasteiger partial charge in [0, 0.05) is 36.6 Å². The second-order valence-electron chi connectivity index (χ2n) is 5.57. The molecule has 1 aromatic carbocycles. The lowest BCUT2D eigenvalue weighted by atomic mass is 9.95. The smallest absolute Gasteiger partial charge is 0.232 e. The van der Waals surface area contributed by atoms with Gasteiger partial charge in [0.25, 0.3) is 0 Å². The first-order chi connectivity index (χ1) is 11.2. The van der Waals surface area contributed by atoms with Gasteiger partial charge in [0.15, 0.2) is 0 Å². The Balaban J connectivity index is 1.78. The summed E-state index contributed by atoms with van der Waals surface area (Å²) in [6.45, 7) is 0.606. The molecule has 0 saturated carbocycles. The van der Waals surface area contributed by atoms with E-state index >= 15 is 0 Å². The van der Waals surface area contributed by atoms with Crippen LogP contribution in [0.25, 0.3) is 0 Å². The van der Waals surface area contributed by atoms with Crippen LogP contribution in [0, 0.1) is 5.92 Å². The summed E-state index contributed by atoms with van der Waals surface area (Å²) in [5.74, 6) is -0.0716. The zero-order valence-corrected chi connectivity index (χ0v) is 14.1. The molecule has 0 unspecified atom stereocenters. The fraction of sp³-hybridized carbons (Fsp3) is 0.333. The van der Waals surface area contributed by atoms with Crippen molar-refractivity contribution < 1.29 is 9.53 Å². The Bertz CT molecular complexity index is 660. The Hall–Kier alpha value is -1.85. The average Bonchev–Trinajstić information content (AvgIpc) is 3.11. The summed E-state index contributed by atoms with van der Waals surface area (Å²) in [7, 11) is 1.83. The van der Waals surface area contributed by atoms with Crippen molar-refractivity contribution in [1.29, 1.82) is 0 Å². The molecule has 2 aromatic rings. The van der Waals surface area contributed by atoms with Gasteiger partial charge < -0.3 is 9.64 Å². The SMILES string of the molecule is CSc1ccc(N(C)C(=O)[C@H]2CCO[C@@H]2c2cccnc2)cc1. The molecule has 5 heteroatoms. The lowest BCUT2D eigenvalue weighted by Gasteiger charge is -2.24. The third-order valence-corrected chi connectivity index (χ3v) is 4.96. The Morgan fingerprint density at radius 3 is 2.74 bits per heavy atom. The van der Waals surface area contributed by atoms with Crippen LogP contribution in [0.4, 0.5) is 5.69 Å². The van der Waals surface area contributed by atoms with Crippen molar-refractivity contribution in [3.63, 3.8) is 0 Å². The molecule has 1 aliphatic heterocycles. The molecule has 4 nitrogen and oxygen atoms in total. The number of carbonyl (C=O) groups is 1. The molecule has 0 N–H and O–H groups in total. The number of rotatable bonds is 4. The van der Waals surface area contributed by atoms with Crippen molar-refractivity contribution in [3.05, 3.63) is 54.4 Å². The van der Waals surface area contributed by atoms with Crippen molar-refractivity contribution >= 4 is 23.4 Å². The van der Waals surface area contributed by atoms with Gasteiger partial charge in [-0.15, -0.1) is 11.8 Å². The largest absolute Gasteiger partial charge is 0.373 e. The number of thioether (sulfide) groups is 1. The third-order valence-electron chi connectivity index (χ3n) is 4.21. The molecule has 0 bridgehead atoms. The van der Waals surface area contributed by atoms with Gasteiger partial charge in [-0.05, 0) is 48.6 Å². The van der Waals surface area contributed by atoms with Crippen LogP contribution in [-0.2, 0) is 9.53 Å². The summed E-state index contributed by atoms with van der Waals surface area (Å²) in [5.41, 5.74) is 1.87. The Kier molecular flexibility index (Phi) is 4.98. The van der Waals surface area contributed by atoms with Crippen molar-refractivity contribution in [1.82, 2.24) is 4.98 Å². The Labute approximate surface area is 140 Å². The van der Waals surface area contributed by atoms with Gasteiger partial charge in [0.1, 0.15) is 0 Å². The maximum atomic E-state index is 12.9. The second kappa shape index (κ2) is 7.15. The van der Waals surface area contributed by atoms with Crippen molar-refractivity contribution in [3.8, 4) is 0 Å². The minimum Gasteiger partial charge on any atom is -0.373 e. The van der Waals surface area contributed by atoms with E-state index in [4.69, 9.17) is 4.74 Å². The summed E-state index contributed by atoms with van der Waals surface area (Å²) >= 11 is 1.69. The standard InChI is InChI=1S/C18H20N2O2S/c1-20(14-5-7-15(23-2)8-6-14)18(21)16-9-11-22-17(16)13-4-3-10-19-12-13/h3-8,10,12,16-17H,9,11H2,1-2H3/t16-,17+/m0/s1. The number of benzene rings is 1. The Morgan fingerprint density at radius 2 is 2.09 bits per heavy atom. The molecule has 1 aliphatic rings. The number of pyridine rings is 1. The molecule has 0 radical (unpaired) electrons. The van der Waals surface area contributed by atoms with Crippen LogP contribution in [0.1, 0.15) is 18.1 Å². The normalized spacial score (nSPS) is 20.4. The molecule has 1 aromatic heterocycles. The quantitative estimate of drug-likeness (QED) is 0.805. The van der Waals surface area contributed by atoms with E-state index in [-0.39, 0.29) is 17.9 Å². The topological polar surface area (TPSA) is 42.4 Å². The van der Waals surface area contributed by atoms with Gasteiger partial charge in [-0.25, -0.2) is 0 Å². The Morgan fingerprint density at radius 1 is 1.30 bits per heavy atom. The zero-order valence-electron chi connectivity index (χ0n) is 13.3. The maximum absolute atomic E-state index is 12.9. The highest BCUT2D eigenvalue weighted by molar-refractivity contribution is 7.98. The number of anilines is 1. The first-order valence-electron chi connectivity index (χ1n) is 7.64. The highest BCUT2D eigenvalue weighted by atomic mass is 32.2. The molecule has 3 rings (SSSR count). The molecular weight excluding hydrogens is 308 g/mol. The van der Waals surface area contributed by atoms with Crippen LogP contribution in [0.2, 0.25) is 0 Å². The predicted octanol–water partition coefficient (Wildman–Crippen LogP) is 3.54. The number of hydrogen-bond acceptors (Lipinski definition) is 4. The van der Waals surface area contributed by atoms with Gasteiger partial charge in [-0.1, -0.05) is 6.07 Å². The molecule has 0 aliphatic carbocycles. The van der Waals surface area contributed by atoms with Crippen LogP contribution in [-0.4, -0.2) is 30.8 Å². The maximum Gasteiger partial charge on any atom is 0.232 e. The van der Waals surface area contributed by atoms with Crippen LogP contribution in [0.15, 0.2) is 53.7 Å². The number of amides is 1. The van der Waals surface area contributed by atoms with Gasteiger partial charge in [-0.3, -0.25) is 9.78 Å². The molecule has 2 heterocycles. The fourth-order valence-electron chi connectivity index (χ4n) is 2.90. The highest BCUT2D eigenvalue weighted by Crippen LogP contribution is 2.36. The lowest BCUT2D eigenvalue weighted by Crippen LogP contribution is -2.34. The van der Waals surface area contributed by atoms with Crippen molar-refractivity contribution in [2.24, 2.45) is 5.92 Å². The summed E-state index contributed by atoms with van der Waals surface area (Å²) in [4.78, 5) is 20.0. The van der Waals surface area contributed by atoms with Crippen molar-refractivity contribution in [2.45, 2.75) is 17.4 Å². The number of ether oxygens (including phenoxy) is 1. The average molecular weight is 328 g/mol. The van der Waals surface area contributed by atoms with E-state index in [0.717, 1.165) is 17.7 Å². The van der Waals surface area contributed by atoms with E-state index in [1.165, 1.54) is 4.90 Å². The van der Waals surface area contributed by atoms with E-state index in [9.17, 15) is 4.79 Å². The van der Waals surface area contributed by atoms with Crippen LogP contribution in [0.5, 0.6) is 0 Å². The minimum atomic E-state index is -0.205. The molecule has 23 heavy (non-hydrogen) atoms. The summed E-state index contributed by atoms with van der Waals surface area (Å²) in [6.07, 6.45) is 6.09. The minimum absolute atomic E-state index is 0.0910. The van der Waals surface area contributed by atoms with E-state index in [1.807, 2.05) is 49.7 Å². The summed E-state index contributed by atoms with van der Waals surface area (Å²) in [5, 5.41) is 0. The molecule has 2 atom stereocenters. The molecular formula is C18H20N2O2S.